The van der Waals surface area contributed by atoms with E-state index < -0.39 is 22.9 Å². The van der Waals surface area contributed by atoms with Gasteiger partial charge in [-0.3, -0.25) is 4.21 Å². The lowest BCUT2D eigenvalue weighted by Gasteiger charge is -2.19. The van der Waals surface area contributed by atoms with Gasteiger partial charge in [0.15, 0.2) is 6.10 Å². The maximum atomic E-state index is 12.3. The molecule has 0 aromatic heterocycles. The molecule has 0 spiro atoms. The van der Waals surface area contributed by atoms with E-state index in [0.717, 1.165) is 4.90 Å². The lowest BCUT2D eigenvalue weighted by molar-refractivity contribution is -0.148. The summed E-state index contributed by atoms with van der Waals surface area (Å²) in [5.74, 6) is -0.573. The van der Waals surface area contributed by atoms with Crippen LogP contribution in [-0.4, -0.2) is 33.2 Å². The quantitative estimate of drug-likeness (QED) is 0.929. The minimum atomic E-state index is -1.15. The Kier molecular flexibility index (Phi) is 4.84. The van der Waals surface area contributed by atoms with Crippen LogP contribution in [0.5, 0.6) is 0 Å². The van der Waals surface area contributed by atoms with Gasteiger partial charge in [-0.25, -0.2) is 4.79 Å². The van der Waals surface area contributed by atoms with Gasteiger partial charge >= 0.3 is 5.97 Å². The van der Waals surface area contributed by atoms with E-state index >= 15 is 0 Å². The Morgan fingerprint density at radius 1 is 1.29 bits per heavy atom. The summed E-state index contributed by atoms with van der Waals surface area (Å²) in [4.78, 5) is 11.6. The van der Waals surface area contributed by atoms with E-state index in [-0.39, 0.29) is 11.5 Å². The third-order valence-corrected chi connectivity index (χ3v) is 5.18. The Morgan fingerprint density at radius 3 is 2.38 bits per heavy atom. The molecule has 1 aliphatic rings. The molecule has 1 saturated heterocycles. The zero-order chi connectivity index (χ0) is 15.6. The first-order chi connectivity index (χ1) is 9.77. The number of carbonyl (C=O) groups is 1. The van der Waals surface area contributed by atoms with Gasteiger partial charge in [-0.15, -0.1) is 0 Å². The number of hydrogen-bond acceptors (Lipinski definition) is 3. The van der Waals surface area contributed by atoms with Crippen LogP contribution in [0.3, 0.4) is 0 Å². The third kappa shape index (κ3) is 4.14. The van der Waals surface area contributed by atoms with Crippen LogP contribution in [0.15, 0.2) is 29.2 Å². The first-order valence-corrected chi connectivity index (χ1v) is 8.46. The minimum absolute atomic E-state index is 0.0727. The van der Waals surface area contributed by atoms with Gasteiger partial charge in [-0.2, -0.15) is 0 Å². The Morgan fingerprint density at radius 2 is 1.90 bits per heavy atom. The van der Waals surface area contributed by atoms with Crippen molar-refractivity contribution in [1.29, 1.82) is 0 Å². The first kappa shape index (κ1) is 16.2. The second-order valence-corrected chi connectivity index (χ2v) is 7.94. The molecule has 2 rings (SSSR count). The fourth-order valence-corrected chi connectivity index (χ4v) is 3.60. The van der Waals surface area contributed by atoms with Crippen molar-refractivity contribution in [2.45, 2.75) is 56.1 Å². The molecule has 21 heavy (non-hydrogen) atoms. The molecule has 1 heterocycles. The van der Waals surface area contributed by atoms with Gasteiger partial charge in [0, 0.05) is 4.90 Å². The average Bonchev–Trinajstić information content (AvgIpc) is 2.86. The van der Waals surface area contributed by atoms with E-state index in [2.05, 4.69) is 20.8 Å². The molecule has 1 aliphatic heterocycles. The highest BCUT2D eigenvalue weighted by Crippen LogP contribution is 2.25. The van der Waals surface area contributed by atoms with E-state index in [1.807, 2.05) is 24.3 Å². The molecule has 3 unspecified atom stereocenters. The number of carboxylic acid groups (broad SMARTS) is 1. The molecule has 116 valence electrons. The lowest BCUT2D eigenvalue weighted by Crippen LogP contribution is -2.23. The fraction of sp³-hybridized carbons (Fsp3) is 0.562. The van der Waals surface area contributed by atoms with Crippen LogP contribution in [0.1, 0.15) is 39.2 Å². The van der Waals surface area contributed by atoms with Crippen LogP contribution in [0.2, 0.25) is 0 Å². The maximum absolute atomic E-state index is 12.3. The summed E-state index contributed by atoms with van der Waals surface area (Å²) in [6, 6.07) is 7.78. The van der Waals surface area contributed by atoms with Crippen molar-refractivity contribution in [3.8, 4) is 0 Å². The summed E-state index contributed by atoms with van der Waals surface area (Å²) in [7, 11) is -1.15. The van der Waals surface area contributed by atoms with E-state index in [0.29, 0.717) is 18.6 Å². The smallest absolute Gasteiger partial charge is 0.332 e. The van der Waals surface area contributed by atoms with Crippen LogP contribution in [0.4, 0.5) is 0 Å². The highest BCUT2D eigenvalue weighted by molar-refractivity contribution is 7.85. The number of ether oxygens (including phenoxy) is 1. The van der Waals surface area contributed by atoms with Crippen LogP contribution < -0.4 is 0 Å². The van der Waals surface area contributed by atoms with E-state index in [9.17, 15) is 9.00 Å². The van der Waals surface area contributed by atoms with Crippen LogP contribution in [0.25, 0.3) is 0 Å². The molecule has 1 N–H and O–H groups in total. The number of aliphatic carboxylic acids is 1. The predicted octanol–water partition coefficient (Wildman–Crippen LogP) is 2.72. The SMILES string of the molecule is CC(C)(C)c1ccc(S(=O)CC2CCC(C(=O)O)O2)cc1. The second-order valence-electron chi connectivity index (χ2n) is 6.45. The van der Waals surface area contributed by atoms with Crippen molar-refractivity contribution in [2.75, 3.05) is 5.75 Å². The Bertz CT molecular complexity index is 530. The standard InChI is InChI=1S/C16H22O4S/c1-16(2,3)11-4-7-13(8-5-11)21(19)10-12-6-9-14(20-12)15(17)18/h4-5,7-8,12,14H,6,9-10H2,1-3H3,(H,17,18). The third-order valence-electron chi connectivity index (χ3n) is 3.70. The summed E-state index contributed by atoms with van der Waals surface area (Å²) >= 11 is 0. The van der Waals surface area contributed by atoms with Crippen LogP contribution in [0, 0.1) is 0 Å². The average molecular weight is 310 g/mol. The lowest BCUT2D eigenvalue weighted by atomic mass is 9.87. The molecule has 0 radical (unpaired) electrons. The monoisotopic (exact) mass is 310 g/mol. The van der Waals surface area contributed by atoms with E-state index in [4.69, 9.17) is 9.84 Å². The molecular formula is C16H22O4S. The molecule has 4 nitrogen and oxygen atoms in total. The van der Waals surface area contributed by atoms with Crippen molar-refractivity contribution in [3.63, 3.8) is 0 Å². The second kappa shape index (κ2) is 6.28. The Hall–Kier alpha value is -1.20. The summed E-state index contributed by atoms with van der Waals surface area (Å²) in [5.41, 5.74) is 1.27. The fourth-order valence-electron chi connectivity index (χ4n) is 2.38. The molecular weight excluding hydrogens is 288 g/mol. The molecule has 0 saturated carbocycles. The van der Waals surface area contributed by atoms with Crippen molar-refractivity contribution >= 4 is 16.8 Å². The molecule has 1 aromatic carbocycles. The molecule has 0 amide bonds. The maximum Gasteiger partial charge on any atom is 0.332 e. The summed E-state index contributed by atoms with van der Waals surface area (Å²) in [6.45, 7) is 6.41. The predicted molar refractivity (Wildman–Crippen MR) is 81.9 cm³/mol. The largest absolute Gasteiger partial charge is 0.479 e. The van der Waals surface area contributed by atoms with Gasteiger partial charge in [-0.1, -0.05) is 32.9 Å². The molecule has 0 aliphatic carbocycles. The van der Waals surface area contributed by atoms with Gasteiger partial charge in [0.2, 0.25) is 0 Å². The van der Waals surface area contributed by atoms with Crippen molar-refractivity contribution < 1.29 is 18.8 Å². The van der Waals surface area contributed by atoms with Crippen LogP contribution >= 0.6 is 0 Å². The summed E-state index contributed by atoms with van der Waals surface area (Å²) in [5, 5.41) is 8.89. The number of carboxylic acids is 1. The Labute approximate surface area is 128 Å². The van der Waals surface area contributed by atoms with Gasteiger partial charge in [0.05, 0.1) is 22.7 Å². The normalized spacial score (nSPS) is 24.0. The van der Waals surface area contributed by atoms with E-state index in [1.165, 1.54) is 5.56 Å². The molecule has 5 heteroatoms. The summed E-state index contributed by atoms with van der Waals surface area (Å²) < 4.78 is 17.7. The molecule has 1 fully saturated rings. The highest BCUT2D eigenvalue weighted by atomic mass is 32.2. The zero-order valence-corrected chi connectivity index (χ0v) is 13.5. The molecule has 0 bridgehead atoms. The Balaban J connectivity index is 1.97. The molecule has 1 aromatic rings. The minimum Gasteiger partial charge on any atom is -0.479 e. The number of rotatable bonds is 4. The van der Waals surface area contributed by atoms with E-state index in [1.54, 1.807) is 0 Å². The topological polar surface area (TPSA) is 63.6 Å². The number of benzene rings is 1. The first-order valence-electron chi connectivity index (χ1n) is 7.14. The van der Waals surface area contributed by atoms with Crippen LogP contribution in [-0.2, 0) is 25.7 Å². The van der Waals surface area contributed by atoms with Gasteiger partial charge in [0.1, 0.15) is 0 Å². The van der Waals surface area contributed by atoms with Gasteiger partial charge < -0.3 is 9.84 Å². The van der Waals surface area contributed by atoms with Crippen molar-refractivity contribution in [1.82, 2.24) is 0 Å². The number of hydrogen-bond donors (Lipinski definition) is 1. The molecule has 3 atom stereocenters. The zero-order valence-electron chi connectivity index (χ0n) is 12.7. The summed E-state index contributed by atoms with van der Waals surface area (Å²) in [6.07, 6.45) is 0.188. The van der Waals surface area contributed by atoms with Gasteiger partial charge in [-0.05, 0) is 36.0 Å². The highest BCUT2D eigenvalue weighted by Gasteiger charge is 2.31. The van der Waals surface area contributed by atoms with Crippen molar-refractivity contribution in [3.05, 3.63) is 29.8 Å². The van der Waals surface area contributed by atoms with Gasteiger partial charge in [0.25, 0.3) is 0 Å². The van der Waals surface area contributed by atoms with Crippen molar-refractivity contribution in [2.24, 2.45) is 0 Å².